The Balaban J connectivity index is 2.50. The maximum atomic E-state index is 12.5. The molecular weight excluding hydrogens is 316 g/mol. The number of carbonyl (C=O) groups excluding carboxylic acids is 2. The normalized spacial score (nSPS) is 18.0. The lowest BCUT2D eigenvalue weighted by Crippen LogP contribution is -2.48. The van der Waals surface area contributed by atoms with E-state index >= 15 is 0 Å². The molecule has 1 aliphatic rings. The molecule has 0 saturated carbocycles. The number of nitrogens with zero attached hydrogens (tertiary/aromatic N) is 1. The first kappa shape index (κ1) is 17.3. The summed E-state index contributed by atoms with van der Waals surface area (Å²) in [5, 5.41) is 3.35. The molecule has 1 aliphatic heterocycles. The summed E-state index contributed by atoms with van der Waals surface area (Å²) in [6.07, 6.45) is 0.735. The molecule has 1 N–H and O–H groups in total. The van der Waals surface area contributed by atoms with Crippen molar-refractivity contribution in [1.82, 2.24) is 10.2 Å². The van der Waals surface area contributed by atoms with Gasteiger partial charge < -0.3 is 10.1 Å². The van der Waals surface area contributed by atoms with Crippen LogP contribution in [-0.4, -0.2) is 30.1 Å². The fourth-order valence-electron chi connectivity index (χ4n) is 2.64. The molecule has 0 aromatic heterocycles. The van der Waals surface area contributed by atoms with Gasteiger partial charge in [-0.3, -0.25) is 4.90 Å². The Morgan fingerprint density at radius 2 is 2.04 bits per heavy atom. The van der Waals surface area contributed by atoms with Gasteiger partial charge in [0, 0.05) is 17.3 Å². The molecule has 124 valence electrons. The number of urea groups is 1. The first-order valence-corrected chi connectivity index (χ1v) is 8.09. The second-order valence-electron chi connectivity index (χ2n) is 5.28. The molecular formula is C17H21ClN2O3. The fourth-order valence-corrected chi connectivity index (χ4v) is 2.89. The van der Waals surface area contributed by atoms with E-state index in [1.165, 1.54) is 4.90 Å². The van der Waals surface area contributed by atoms with Gasteiger partial charge in [-0.1, -0.05) is 36.7 Å². The van der Waals surface area contributed by atoms with Gasteiger partial charge >= 0.3 is 12.0 Å². The van der Waals surface area contributed by atoms with Gasteiger partial charge in [-0.25, -0.2) is 9.59 Å². The van der Waals surface area contributed by atoms with Gasteiger partial charge in [0.2, 0.25) is 0 Å². The topological polar surface area (TPSA) is 58.6 Å². The van der Waals surface area contributed by atoms with Crippen LogP contribution in [0.5, 0.6) is 0 Å². The highest BCUT2D eigenvalue weighted by atomic mass is 35.5. The number of benzene rings is 1. The lowest BCUT2D eigenvalue weighted by molar-refractivity contribution is -0.139. The summed E-state index contributed by atoms with van der Waals surface area (Å²) in [7, 11) is 0. The Bertz CT molecular complexity index is 642. The zero-order chi connectivity index (χ0) is 17.0. The molecule has 1 unspecified atom stereocenters. The zero-order valence-corrected chi connectivity index (χ0v) is 14.3. The molecule has 1 aromatic rings. The minimum atomic E-state index is -0.608. The summed E-state index contributed by atoms with van der Waals surface area (Å²) in [5.74, 6) is -0.423. The molecule has 1 aromatic carbocycles. The average molecular weight is 337 g/mol. The number of hydrogen-bond acceptors (Lipinski definition) is 3. The van der Waals surface area contributed by atoms with Crippen LogP contribution in [0.3, 0.4) is 0 Å². The molecule has 2 rings (SSSR count). The number of halogens is 1. The van der Waals surface area contributed by atoms with Crippen molar-refractivity contribution in [3.05, 3.63) is 46.1 Å². The predicted molar refractivity (Wildman–Crippen MR) is 89.1 cm³/mol. The number of rotatable bonds is 5. The number of carbonyl (C=O) groups is 2. The number of nitrogens with one attached hydrogen (secondary N) is 1. The summed E-state index contributed by atoms with van der Waals surface area (Å²) >= 11 is 6.26. The van der Waals surface area contributed by atoms with Crippen LogP contribution in [0.4, 0.5) is 4.79 Å². The summed E-state index contributed by atoms with van der Waals surface area (Å²) in [4.78, 5) is 26.4. The first-order chi connectivity index (χ1) is 11.0. The lowest BCUT2D eigenvalue weighted by atomic mass is 9.95. The van der Waals surface area contributed by atoms with Crippen molar-refractivity contribution in [1.29, 1.82) is 0 Å². The second-order valence-corrected chi connectivity index (χ2v) is 5.69. The average Bonchev–Trinajstić information content (AvgIpc) is 2.53. The summed E-state index contributed by atoms with van der Waals surface area (Å²) < 4.78 is 5.30. The van der Waals surface area contributed by atoms with Crippen LogP contribution in [0.25, 0.3) is 0 Å². The summed E-state index contributed by atoms with van der Waals surface area (Å²) in [5.41, 5.74) is 1.70. The smallest absolute Gasteiger partial charge is 0.338 e. The minimum absolute atomic E-state index is 0.248. The Morgan fingerprint density at radius 3 is 2.65 bits per heavy atom. The minimum Gasteiger partial charge on any atom is -0.462 e. The van der Waals surface area contributed by atoms with E-state index in [1.807, 2.05) is 19.9 Å². The van der Waals surface area contributed by atoms with Crippen molar-refractivity contribution in [3.8, 4) is 0 Å². The van der Waals surface area contributed by atoms with Crippen LogP contribution in [0.2, 0.25) is 5.02 Å². The molecule has 23 heavy (non-hydrogen) atoms. The third-order valence-corrected chi connectivity index (χ3v) is 4.13. The van der Waals surface area contributed by atoms with Gasteiger partial charge in [-0.05, 0) is 31.9 Å². The van der Waals surface area contributed by atoms with E-state index in [1.54, 1.807) is 25.1 Å². The van der Waals surface area contributed by atoms with Crippen molar-refractivity contribution in [2.75, 3.05) is 13.2 Å². The zero-order valence-electron chi connectivity index (χ0n) is 13.6. The van der Waals surface area contributed by atoms with E-state index in [0.29, 0.717) is 35.0 Å². The number of hydrogen-bond donors (Lipinski definition) is 1. The molecule has 5 nitrogen and oxygen atoms in total. The highest BCUT2D eigenvalue weighted by Gasteiger charge is 2.36. The number of allylic oxidation sites excluding steroid dienone is 1. The van der Waals surface area contributed by atoms with Crippen LogP contribution >= 0.6 is 11.6 Å². The van der Waals surface area contributed by atoms with Crippen molar-refractivity contribution >= 4 is 23.6 Å². The first-order valence-electron chi connectivity index (χ1n) is 7.71. The Kier molecular flexibility index (Phi) is 5.66. The standard InChI is InChI=1S/C17H21ClN2O3/c1-4-10-23-16(21)14-11(3)20(5-2)17(22)19-15(14)12-8-6-7-9-13(12)18/h6-9,15H,4-5,10H2,1-3H3,(H,19,22). The lowest BCUT2D eigenvalue weighted by Gasteiger charge is -2.35. The van der Waals surface area contributed by atoms with E-state index in [9.17, 15) is 9.59 Å². The molecule has 0 bridgehead atoms. The second kappa shape index (κ2) is 7.51. The third-order valence-electron chi connectivity index (χ3n) is 3.79. The molecule has 1 heterocycles. The van der Waals surface area contributed by atoms with E-state index in [0.717, 1.165) is 6.42 Å². The van der Waals surface area contributed by atoms with E-state index in [4.69, 9.17) is 16.3 Å². The number of amides is 2. The van der Waals surface area contributed by atoms with Gasteiger partial charge in [-0.2, -0.15) is 0 Å². The molecule has 0 radical (unpaired) electrons. The Hall–Kier alpha value is -2.01. The van der Waals surface area contributed by atoms with E-state index in [-0.39, 0.29) is 6.03 Å². The number of ether oxygens (including phenoxy) is 1. The van der Waals surface area contributed by atoms with Crippen LogP contribution in [0.1, 0.15) is 38.8 Å². The fraction of sp³-hybridized carbons (Fsp3) is 0.412. The van der Waals surface area contributed by atoms with Gasteiger partial charge in [0.25, 0.3) is 0 Å². The summed E-state index contributed by atoms with van der Waals surface area (Å²) in [6.45, 7) is 6.35. The maximum Gasteiger partial charge on any atom is 0.338 e. The molecule has 0 fully saturated rings. The molecule has 0 saturated heterocycles. The van der Waals surface area contributed by atoms with Crippen LogP contribution in [0.15, 0.2) is 35.5 Å². The highest BCUT2D eigenvalue weighted by Crippen LogP contribution is 2.34. The van der Waals surface area contributed by atoms with E-state index in [2.05, 4.69) is 5.32 Å². The van der Waals surface area contributed by atoms with Crippen molar-refractivity contribution in [2.45, 2.75) is 33.2 Å². The molecule has 0 aliphatic carbocycles. The van der Waals surface area contributed by atoms with Gasteiger partial charge in [-0.15, -0.1) is 0 Å². The van der Waals surface area contributed by atoms with Crippen LogP contribution in [-0.2, 0) is 9.53 Å². The Labute approximate surface area is 141 Å². The molecule has 0 spiro atoms. The highest BCUT2D eigenvalue weighted by molar-refractivity contribution is 6.31. The third kappa shape index (κ3) is 3.50. The van der Waals surface area contributed by atoms with E-state index < -0.39 is 12.0 Å². The molecule has 1 atom stereocenters. The van der Waals surface area contributed by atoms with Gasteiger partial charge in [0.15, 0.2) is 0 Å². The van der Waals surface area contributed by atoms with Gasteiger partial charge in [0.1, 0.15) is 0 Å². The van der Waals surface area contributed by atoms with Crippen molar-refractivity contribution < 1.29 is 14.3 Å². The van der Waals surface area contributed by atoms with Gasteiger partial charge in [0.05, 0.1) is 18.2 Å². The Morgan fingerprint density at radius 1 is 1.35 bits per heavy atom. The van der Waals surface area contributed by atoms with Crippen LogP contribution in [0, 0.1) is 0 Å². The largest absolute Gasteiger partial charge is 0.462 e. The molecule has 2 amide bonds. The summed E-state index contributed by atoms with van der Waals surface area (Å²) in [6, 6.07) is 6.31. The quantitative estimate of drug-likeness (QED) is 0.835. The predicted octanol–water partition coefficient (Wildman–Crippen LogP) is 3.65. The van der Waals surface area contributed by atoms with Crippen molar-refractivity contribution in [3.63, 3.8) is 0 Å². The monoisotopic (exact) mass is 336 g/mol. The number of esters is 1. The molecule has 6 heteroatoms. The maximum absolute atomic E-state index is 12.5. The van der Waals surface area contributed by atoms with Crippen molar-refractivity contribution in [2.24, 2.45) is 0 Å². The SMILES string of the molecule is CCCOC(=O)C1=C(C)N(CC)C(=O)NC1c1ccccc1Cl. The van der Waals surface area contributed by atoms with Crippen LogP contribution < -0.4 is 5.32 Å².